The third-order valence-electron chi connectivity index (χ3n) is 5.45. The fraction of sp³-hybridized carbons (Fsp3) is 0.450. The predicted octanol–water partition coefficient (Wildman–Crippen LogP) is 2.75. The van der Waals surface area contributed by atoms with Crippen LogP contribution in [0.1, 0.15) is 25.8 Å². The van der Waals surface area contributed by atoms with Gasteiger partial charge in [0.15, 0.2) is 5.96 Å². The van der Waals surface area contributed by atoms with E-state index in [0.717, 1.165) is 24.6 Å². The van der Waals surface area contributed by atoms with Crippen LogP contribution in [-0.4, -0.2) is 35.5 Å². The fourth-order valence-electron chi connectivity index (χ4n) is 3.77. The van der Waals surface area contributed by atoms with Crippen molar-refractivity contribution in [2.24, 2.45) is 22.4 Å². The average molecular weight is 360 g/mol. The van der Waals surface area contributed by atoms with Crippen molar-refractivity contribution in [3.63, 3.8) is 0 Å². The van der Waals surface area contributed by atoms with Crippen molar-refractivity contribution in [1.29, 1.82) is 0 Å². The molecule has 0 saturated heterocycles. The van der Waals surface area contributed by atoms with E-state index in [0.29, 0.717) is 30.4 Å². The van der Waals surface area contributed by atoms with E-state index in [-0.39, 0.29) is 6.04 Å². The molecule has 0 fully saturated rings. The Labute approximate surface area is 153 Å². The third kappa shape index (κ3) is 3.80. The summed E-state index contributed by atoms with van der Waals surface area (Å²) in [5.74, 6) is -0.315. The number of rotatable bonds is 5. The first-order chi connectivity index (χ1) is 12.3. The van der Waals surface area contributed by atoms with Gasteiger partial charge in [0.05, 0.1) is 11.6 Å². The molecule has 0 radical (unpaired) electrons. The molecule has 0 amide bonds. The first-order valence-electron chi connectivity index (χ1n) is 8.95. The second kappa shape index (κ2) is 7.19. The molecule has 26 heavy (non-hydrogen) atoms. The number of hydrogen-bond donors (Lipinski definition) is 2. The number of benzene rings is 1. The van der Waals surface area contributed by atoms with Crippen LogP contribution < -0.4 is 11.5 Å². The highest BCUT2D eigenvalue weighted by Crippen LogP contribution is 2.32. The average Bonchev–Trinajstić information content (AvgIpc) is 2.77. The van der Waals surface area contributed by atoms with Gasteiger partial charge in [0, 0.05) is 19.2 Å². The van der Waals surface area contributed by atoms with E-state index in [2.05, 4.69) is 35.0 Å². The molecular formula is C20H26F2N4. The van der Waals surface area contributed by atoms with Crippen LogP contribution in [0.3, 0.4) is 0 Å². The molecule has 1 aromatic carbocycles. The van der Waals surface area contributed by atoms with Crippen LogP contribution in [0.15, 0.2) is 47.0 Å². The first-order valence-corrected chi connectivity index (χ1v) is 8.95. The fourth-order valence-corrected chi connectivity index (χ4v) is 3.77. The zero-order valence-electron chi connectivity index (χ0n) is 15.3. The van der Waals surface area contributed by atoms with Gasteiger partial charge in [-0.2, -0.15) is 0 Å². The Morgan fingerprint density at radius 1 is 1.27 bits per heavy atom. The molecule has 1 aromatic rings. The Morgan fingerprint density at radius 2 is 1.96 bits per heavy atom. The lowest BCUT2D eigenvalue weighted by atomic mass is 9.86. The number of nitrogens with zero attached hydrogens (tertiary/aromatic N) is 2. The van der Waals surface area contributed by atoms with Crippen molar-refractivity contribution < 1.29 is 8.78 Å². The van der Waals surface area contributed by atoms with Gasteiger partial charge in [-0.3, -0.25) is 0 Å². The van der Waals surface area contributed by atoms with Crippen LogP contribution in [0.4, 0.5) is 8.78 Å². The molecule has 4 N–H and O–H groups in total. The van der Waals surface area contributed by atoms with Crippen LogP contribution in [0.5, 0.6) is 0 Å². The molecule has 0 bridgehead atoms. The van der Waals surface area contributed by atoms with E-state index in [9.17, 15) is 8.78 Å². The van der Waals surface area contributed by atoms with Gasteiger partial charge in [0.2, 0.25) is 0 Å². The van der Waals surface area contributed by atoms with E-state index in [1.54, 1.807) is 0 Å². The number of halogens is 2. The summed E-state index contributed by atoms with van der Waals surface area (Å²) in [4.78, 5) is 6.74. The molecule has 1 aliphatic heterocycles. The minimum Gasteiger partial charge on any atom is -0.370 e. The lowest BCUT2D eigenvalue weighted by Gasteiger charge is -2.34. The van der Waals surface area contributed by atoms with Crippen molar-refractivity contribution in [3.05, 3.63) is 59.2 Å². The van der Waals surface area contributed by atoms with Gasteiger partial charge in [0.1, 0.15) is 11.6 Å². The summed E-state index contributed by atoms with van der Waals surface area (Å²) in [6.45, 7) is 5.35. The van der Waals surface area contributed by atoms with Crippen LogP contribution in [0.2, 0.25) is 0 Å². The molecule has 140 valence electrons. The Kier molecular flexibility index (Phi) is 5.14. The maximum atomic E-state index is 13.5. The van der Waals surface area contributed by atoms with Gasteiger partial charge in [-0.1, -0.05) is 18.2 Å². The SMILES string of the molecule is C[C@H]1N(CC2C=CC(CN)=CC2)C(N)=N[C@]1(C)Cc1cc(F)cc(F)c1. The highest BCUT2D eigenvalue weighted by Gasteiger charge is 2.42. The zero-order valence-corrected chi connectivity index (χ0v) is 15.3. The molecule has 1 heterocycles. The van der Waals surface area contributed by atoms with Crippen molar-refractivity contribution >= 4 is 5.96 Å². The van der Waals surface area contributed by atoms with Gasteiger partial charge in [-0.05, 0) is 55.9 Å². The lowest BCUT2D eigenvalue weighted by Crippen LogP contribution is -2.47. The molecular weight excluding hydrogens is 334 g/mol. The van der Waals surface area contributed by atoms with Crippen molar-refractivity contribution in [2.75, 3.05) is 13.1 Å². The Hall–Kier alpha value is -2.21. The van der Waals surface area contributed by atoms with Crippen molar-refractivity contribution in [3.8, 4) is 0 Å². The summed E-state index contributed by atoms with van der Waals surface area (Å²) in [7, 11) is 0. The highest BCUT2D eigenvalue weighted by molar-refractivity contribution is 5.81. The monoisotopic (exact) mass is 360 g/mol. The quantitative estimate of drug-likeness (QED) is 0.848. The minimum atomic E-state index is -0.571. The van der Waals surface area contributed by atoms with Gasteiger partial charge >= 0.3 is 0 Å². The summed E-state index contributed by atoms with van der Waals surface area (Å²) in [5, 5.41) is 0. The first kappa shape index (κ1) is 18.6. The predicted molar refractivity (Wildman–Crippen MR) is 101 cm³/mol. The third-order valence-corrected chi connectivity index (χ3v) is 5.45. The standard InChI is InChI=1S/C20H26F2N4/c1-13-20(2,10-16-7-17(21)9-18(22)8-16)25-19(24)26(13)12-15-5-3-14(11-23)4-6-15/h3-5,7-9,13,15H,6,10-12,23H2,1-2H3,(H2,24,25)/t13-,15?,20-/m1/s1. The maximum Gasteiger partial charge on any atom is 0.192 e. The van der Waals surface area contributed by atoms with Crippen molar-refractivity contribution in [1.82, 2.24) is 4.90 Å². The Balaban J connectivity index is 1.71. The molecule has 3 atom stereocenters. The molecule has 1 aliphatic carbocycles. The Morgan fingerprint density at radius 3 is 2.54 bits per heavy atom. The second-order valence-electron chi connectivity index (χ2n) is 7.45. The van der Waals surface area contributed by atoms with Crippen molar-refractivity contribution in [2.45, 2.75) is 38.3 Å². The maximum absolute atomic E-state index is 13.5. The van der Waals surface area contributed by atoms with E-state index in [1.807, 2.05) is 6.92 Å². The number of guanidine groups is 1. The lowest BCUT2D eigenvalue weighted by molar-refractivity contribution is 0.240. The van der Waals surface area contributed by atoms with Crippen LogP contribution >= 0.6 is 0 Å². The molecule has 3 rings (SSSR count). The normalized spacial score (nSPS) is 28.3. The molecule has 6 heteroatoms. The van der Waals surface area contributed by atoms with E-state index < -0.39 is 17.2 Å². The summed E-state index contributed by atoms with van der Waals surface area (Å²) in [6.07, 6.45) is 7.74. The number of allylic oxidation sites excluding steroid dienone is 1. The van der Waals surface area contributed by atoms with E-state index in [1.165, 1.54) is 12.1 Å². The smallest absolute Gasteiger partial charge is 0.192 e. The van der Waals surface area contributed by atoms with Crippen LogP contribution in [0, 0.1) is 17.6 Å². The van der Waals surface area contributed by atoms with Gasteiger partial charge < -0.3 is 16.4 Å². The number of nitrogens with two attached hydrogens (primary N) is 2. The zero-order chi connectivity index (χ0) is 18.9. The van der Waals surface area contributed by atoms with Crippen LogP contribution in [-0.2, 0) is 6.42 Å². The summed E-state index contributed by atoms with van der Waals surface area (Å²) in [5.41, 5.74) is 13.1. The van der Waals surface area contributed by atoms with Crippen LogP contribution in [0.25, 0.3) is 0 Å². The largest absolute Gasteiger partial charge is 0.370 e. The molecule has 4 nitrogen and oxygen atoms in total. The minimum absolute atomic E-state index is 0.0297. The van der Waals surface area contributed by atoms with E-state index >= 15 is 0 Å². The van der Waals surface area contributed by atoms with Gasteiger partial charge in [-0.25, -0.2) is 13.8 Å². The topological polar surface area (TPSA) is 67.6 Å². The molecule has 0 spiro atoms. The molecule has 0 saturated carbocycles. The number of hydrogen-bond acceptors (Lipinski definition) is 4. The molecule has 0 aromatic heterocycles. The Bertz CT molecular complexity index is 751. The van der Waals surface area contributed by atoms with Gasteiger partial charge in [-0.15, -0.1) is 0 Å². The molecule has 1 unspecified atom stereocenters. The van der Waals surface area contributed by atoms with E-state index in [4.69, 9.17) is 11.5 Å². The summed E-state index contributed by atoms with van der Waals surface area (Å²) >= 11 is 0. The molecule has 2 aliphatic rings. The summed E-state index contributed by atoms with van der Waals surface area (Å²) < 4.78 is 27.0. The number of aliphatic imine (C=N–C) groups is 1. The van der Waals surface area contributed by atoms with Gasteiger partial charge in [0.25, 0.3) is 0 Å². The highest BCUT2D eigenvalue weighted by atomic mass is 19.1. The second-order valence-corrected chi connectivity index (χ2v) is 7.45. The summed E-state index contributed by atoms with van der Waals surface area (Å²) in [6, 6.07) is 3.63.